The smallest absolute Gasteiger partial charge is 0.279 e. The van der Waals surface area contributed by atoms with Crippen LogP contribution in [0.15, 0.2) is 119 Å². The maximum atomic E-state index is 6.58. The lowest BCUT2D eigenvalue weighted by atomic mass is 9.87. The molecule has 6 rings (SSSR count). The number of aryl methyl sites for hydroxylation is 1. The standard InChI is InChI=1S/C33H27NO/c1-22-14-16-29-28-17-15-27(25-12-8-5-9-13-25)21-31(28)35-33(29)32(22)30-20-26(18-19-34(30)3)23(2)24-10-6-4-7-11-24/h4-21,23H,3H2,1-2H3. The van der Waals surface area contributed by atoms with Crippen LogP contribution in [0.1, 0.15) is 29.5 Å². The molecule has 5 aromatic rings. The first-order chi connectivity index (χ1) is 17.1. The summed E-state index contributed by atoms with van der Waals surface area (Å²) in [5, 5.41) is 2.26. The Kier molecular flexibility index (Phi) is 5.15. The van der Waals surface area contributed by atoms with Crippen molar-refractivity contribution in [1.29, 1.82) is 0 Å². The number of hydrogen-bond acceptors (Lipinski definition) is 0. The molecule has 1 unspecified atom stereocenters. The number of allylic oxidation sites excluding steroid dienone is 2. The molecule has 1 aromatic heterocycles. The van der Waals surface area contributed by atoms with Gasteiger partial charge in [0.2, 0.25) is 0 Å². The Morgan fingerprint density at radius 2 is 1.60 bits per heavy atom. The maximum absolute atomic E-state index is 6.58. The summed E-state index contributed by atoms with van der Waals surface area (Å²) in [6.07, 6.45) is 6.47. The lowest BCUT2D eigenvalue weighted by Gasteiger charge is -2.23. The summed E-state index contributed by atoms with van der Waals surface area (Å²) in [6.45, 7) is 8.70. The van der Waals surface area contributed by atoms with Crippen molar-refractivity contribution in [2.75, 3.05) is 0 Å². The maximum Gasteiger partial charge on any atom is 0.279 e. The van der Waals surface area contributed by atoms with E-state index in [1.807, 2.05) is 10.6 Å². The van der Waals surface area contributed by atoms with Gasteiger partial charge in [0.25, 0.3) is 11.2 Å². The third-order valence-corrected chi connectivity index (χ3v) is 7.07. The predicted molar refractivity (Wildman–Crippen MR) is 146 cm³/mol. The normalized spacial score (nSPS) is 14.5. The molecule has 35 heavy (non-hydrogen) atoms. The molecule has 0 radical (unpaired) electrons. The topological polar surface area (TPSA) is 14.3 Å². The van der Waals surface area contributed by atoms with Crippen molar-refractivity contribution in [3.8, 4) is 11.1 Å². The minimum Gasteiger partial charge on any atom is -0.286 e. The lowest BCUT2D eigenvalue weighted by Crippen LogP contribution is -2.17. The molecule has 1 aliphatic heterocycles. The highest BCUT2D eigenvalue weighted by Gasteiger charge is 2.27. The van der Waals surface area contributed by atoms with Crippen molar-refractivity contribution in [3.05, 3.63) is 138 Å². The van der Waals surface area contributed by atoms with E-state index in [9.17, 15) is 0 Å². The molecule has 0 fully saturated rings. The lowest BCUT2D eigenvalue weighted by molar-refractivity contribution is -0.418. The van der Waals surface area contributed by atoms with Crippen LogP contribution in [0.25, 0.3) is 33.1 Å². The number of benzene rings is 4. The Balaban J connectivity index is 1.49. The first-order valence-corrected chi connectivity index (χ1v) is 12.0. The quantitative estimate of drug-likeness (QED) is 0.151. The van der Waals surface area contributed by atoms with E-state index in [1.54, 1.807) is 0 Å². The Labute approximate surface area is 206 Å². The molecule has 0 saturated carbocycles. The van der Waals surface area contributed by atoms with Gasteiger partial charge < -0.3 is 0 Å². The Hall–Kier alpha value is -4.30. The number of fused-ring (bicyclic) bond motifs is 3. The average molecular weight is 454 g/mol. The highest BCUT2D eigenvalue weighted by Crippen LogP contribution is 2.40. The first-order valence-electron chi connectivity index (χ1n) is 12.0. The van der Waals surface area contributed by atoms with E-state index in [1.165, 1.54) is 22.3 Å². The van der Waals surface area contributed by atoms with Gasteiger partial charge in [-0.25, -0.2) is 0 Å². The summed E-state index contributed by atoms with van der Waals surface area (Å²) in [5.74, 6) is 0.278. The molecule has 0 bridgehead atoms. The average Bonchev–Trinajstić information content (AvgIpc) is 3.27. The van der Waals surface area contributed by atoms with Gasteiger partial charge in [-0.1, -0.05) is 109 Å². The molecule has 2 heteroatoms. The molecular weight excluding hydrogens is 426 g/mol. The molecule has 0 N–H and O–H groups in total. The zero-order valence-corrected chi connectivity index (χ0v) is 20.0. The van der Waals surface area contributed by atoms with Gasteiger partial charge in [-0.15, -0.1) is 12.1 Å². The molecule has 2 heterocycles. The summed E-state index contributed by atoms with van der Waals surface area (Å²) in [5.41, 5.74) is 8.96. The van der Waals surface area contributed by atoms with Crippen molar-refractivity contribution in [2.24, 2.45) is 0 Å². The van der Waals surface area contributed by atoms with Crippen molar-refractivity contribution in [1.82, 2.24) is 0 Å². The molecule has 0 amide bonds. The molecule has 4 aromatic carbocycles. The van der Waals surface area contributed by atoms with Gasteiger partial charge in [-0.05, 0) is 40.5 Å². The zero-order chi connectivity index (χ0) is 23.9. The first kappa shape index (κ1) is 21.2. The van der Waals surface area contributed by atoms with Gasteiger partial charge in [0.05, 0.1) is 12.3 Å². The van der Waals surface area contributed by atoms with Crippen LogP contribution in [0.4, 0.5) is 0 Å². The van der Waals surface area contributed by atoms with Crippen LogP contribution in [-0.2, 0) is 0 Å². The van der Waals surface area contributed by atoms with Gasteiger partial charge >= 0.3 is 0 Å². The van der Waals surface area contributed by atoms with Crippen molar-refractivity contribution in [2.45, 2.75) is 19.8 Å². The van der Waals surface area contributed by atoms with Crippen molar-refractivity contribution >= 4 is 28.7 Å². The summed E-state index contributed by atoms with van der Waals surface area (Å²) in [6, 6.07) is 33.0. The minimum absolute atomic E-state index is 0.278. The van der Waals surface area contributed by atoms with E-state index >= 15 is 0 Å². The monoisotopic (exact) mass is 453 g/mol. The van der Waals surface area contributed by atoms with Crippen LogP contribution in [-0.4, -0.2) is 11.3 Å². The van der Waals surface area contributed by atoms with E-state index in [2.05, 4.69) is 124 Å². The molecule has 170 valence electrons. The Morgan fingerprint density at radius 3 is 2.37 bits per heavy atom. The van der Waals surface area contributed by atoms with E-state index < -0.39 is 0 Å². The molecular formula is C33H27NO. The highest BCUT2D eigenvalue weighted by atomic mass is 16.3. The molecule has 0 saturated heterocycles. The fourth-order valence-corrected chi connectivity index (χ4v) is 5.03. The summed E-state index contributed by atoms with van der Waals surface area (Å²) in [4.78, 5) is 0. The van der Waals surface area contributed by atoms with Gasteiger partial charge in [0, 0.05) is 0 Å². The SMILES string of the molecule is C=[N+]1C=CC(C(C)c2ccccc2)=C[C-]1c1c(C)ccc2c1[o+][c-]1cc(-c3ccccc3)ccc21. The third-order valence-electron chi connectivity index (χ3n) is 7.07. The van der Waals surface area contributed by atoms with Crippen LogP contribution in [0, 0.1) is 13.0 Å². The summed E-state index contributed by atoms with van der Waals surface area (Å²) < 4.78 is 8.53. The summed E-state index contributed by atoms with van der Waals surface area (Å²) >= 11 is 0. The second kappa shape index (κ2) is 8.48. The van der Waals surface area contributed by atoms with Crippen LogP contribution in [0.2, 0.25) is 0 Å². The second-order valence-corrected chi connectivity index (χ2v) is 9.26. The summed E-state index contributed by atoms with van der Waals surface area (Å²) in [7, 11) is 0. The van der Waals surface area contributed by atoms with E-state index in [-0.39, 0.29) is 5.92 Å². The van der Waals surface area contributed by atoms with Gasteiger partial charge in [0.1, 0.15) is 6.20 Å². The molecule has 1 atom stereocenters. The van der Waals surface area contributed by atoms with E-state index in [4.69, 9.17) is 4.42 Å². The van der Waals surface area contributed by atoms with Crippen LogP contribution < -0.4 is 0 Å². The fourth-order valence-electron chi connectivity index (χ4n) is 5.03. The van der Waals surface area contributed by atoms with Crippen molar-refractivity contribution in [3.63, 3.8) is 0 Å². The molecule has 0 aliphatic carbocycles. The predicted octanol–water partition coefficient (Wildman–Crippen LogP) is 8.41. The molecule has 1 aliphatic rings. The Morgan fingerprint density at radius 1 is 0.857 bits per heavy atom. The Bertz CT molecular complexity index is 1620. The minimum atomic E-state index is 0.278. The van der Waals surface area contributed by atoms with Crippen LogP contribution in [0.5, 0.6) is 0 Å². The third kappa shape index (κ3) is 3.68. The zero-order valence-electron chi connectivity index (χ0n) is 20.0. The van der Waals surface area contributed by atoms with Gasteiger partial charge in [-0.2, -0.15) is 0 Å². The van der Waals surface area contributed by atoms with E-state index in [0.717, 1.165) is 39.1 Å². The number of hydrogen-bond donors (Lipinski definition) is 0. The van der Waals surface area contributed by atoms with Crippen LogP contribution >= 0.6 is 0 Å². The van der Waals surface area contributed by atoms with Crippen molar-refractivity contribution < 1.29 is 8.99 Å². The van der Waals surface area contributed by atoms with Gasteiger partial charge in [-0.3, -0.25) is 8.99 Å². The fraction of sp³-hybridized carbons (Fsp3) is 0.0909. The van der Waals surface area contributed by atoms with E-state index in [0.29, 0.717) is 0 Å². The second-order valence-electron chi connectivity index (χ2n) is 9.26. The number of nitrogens with zero attached hydrogens (tertiary/aromatic N) is 1. The molecule has 2 nitrogen and oxygen atoms in total. The van der Waals surface area contributed by atoms with Crippen LogP contribution in [0.3, 0.4) is 0 Å². The largest absolute Gasteiger partial charge is 0.286 e. The highest BCUT2D eigenvalue weighted by molar-refractivity contribution is 6.07. The number of furan rings is 1. The molecule has 0 spiro atoms. The number of rotatable bonds is 4. The van der Waals surface area contributed by atoms with Gasteiger partial charge in [0.15, 0.2) is 6.04 Å².